The first-order valence-corrected chi connectivity index (χ1v) is 18.4. The van der Waals surface area contributed by atoms with Crippen molar-refractivity contribution in [3.63, 3.8) is 0 Å². The Morgan fingerprint density at radius 3 is 1.74 bits per heavy atom. The smallest absolute Gasteiger partial charge is 0.545 e. The predicted octanol–water partition coefficient (Wildman–Crippen LogP) is 5.04. The number of nitriles is 2. The third-order valence-corrected chi connectivity index (χ3v) is 8.63. The largest absolute Gasteiger partial charge is 1.00 e. The standard InChI is InChI=1S/C17H12ClNO2.C11H9NO2.C11H8O3.C9H9N.CH4.B.K/c1-11-4-2-5-12(8-11)15-10-16(20)19(17(15)21)14-7-3-6-13(18)9-14;1-8-3-2-4-9(5-8)10(7-12)6-11(13)14;1-7-3-2-4-8(5-7)9-6-10(12)14-11(9)13;1-8-3-2-4-9(7-8)5-6-10;;;/h2-10H,1H3;2-6H,1H3,(H,13,14);2-6H,1H3;2-4,7H,5H2,1H3;1H4;;/q;;;;;;+1/p-1/b;10-6+;;;;;. The van der Waals surface area contributed by atoms with Crippen LogP contribution >= 0.6 is 11.6 Å². The van der Waals surface area contributed by atoms with Gasteiger partial charge in [0.1, 0.15) is 0 Å². The van der Waals surface area contributed by atoms with Crippen LogP contribution in [0.15, 0.2) is 140 Å². The summed E-state index contributed by atoms with van der Waals surface area (Å²) >= 11 is 5.93. The van der Waals surface area contributed by atoms with Crippen molar-refractivity contribution >= 4 is 72.1 Å². The molecule has 7 rings (SSSR count). The molecule has 5 aromatic carbocycles. The van der Waals surface area contributed by atoms with E-state index < -0.39 is 17.9 Å². The molecule has 2 heterocycles. The number of aryl methyl sites for hydroxylation is 4. The molecule has 0 bridgehead atoms. The quantitative estimate of drug-likeness (QED) is 0.0567. The molecule has 0 fully saturated rings. The zero-order chi connectivity index (χ0) is 43.1. The molecule has 0 atom stereocenters. The van der Waals surface area contributed by atoms with Crippen molar-refractivity contribution in [3.8, 4) is 12.1 Å². The summed E-state index contributed by atoms with van der Waals surface area (Å²) in [5.41, 5.74) is 8.76. The van der Waals surface area contributed by atoms with E-state index in [1.54, 1.807) is 48.5 Å². The fraction of sp³-hybridized carbons (Fsp3) is 0.122. The van der Waals surface area contributed by atoms with Crippen molar-refractivity contribution in [1.82, 2.24) is 0 Å². The number of hydrogen-bond acceptors (Lipinski definition) is 9. The van der Waals surface area contributed by atoms with Crippen LogP contribution in [0.4, 0.5) is 5.69 Å². The molecule has 305 valence electrons. The van der Waals surface area contributed by atoms with E-state index in [1.807, 2.05) is 107 Å². The monoisotopic (exact) mass is 868 g/mol. The molecule has 0 saturated heterocycles. The van der Waals surface area contributed by atoms with Gasteiger partial charge in [-0.3, -0.25) is 9.59 Å². The van der Waals surface area contributed by atoms with E-state index >= 15 is 0 Å². The van der Waals surface area contributed by atoms with Crippen molar-refractivity contribution in [2.45, 2.75) is 41.5 Å². The first-order chi connectivity index (χ1) is 28.2. The van der Waals surface area contributed by atoms with Gasteiger partial charge in [-0.2, -0.15) is 10.5 Å². The fourth-order valence-corrected chi connectivity index (χ4v) is 5.92. The molecule has 62 heavy (non-hydrogen) atoms. The van der Waals surface area contributed by atoms with Crippen LogP contribution in [0, 0.1) is 50.4 Å². The maximum atomic E-state index is 12.5. The molecular weight excluding hydrogens is 828 g/mol. The molecule has 0 unspecified atom stereocenters. The van der Waals surface area contributed by atoms with Gasteiger partial charge in [-0.15, -0.1) is 0 Å². The first kappa shape index (κ1) is 54.1. The molecule has 13 heteroatoms. The second kappa shape index (κ2) is 26.4. The number of amides is 2. The van der Waals surface area contributed by atoms with Crippen LogP contribution in [0.5, 0.6) is 0 Å². The minimum atomic E-state index is -1.36. The third kappa shape index (κ3) is 16.1. The molecule has 0 spiro atoms. The number of allylic oxidation sites excluding steroid dienone is 1. The Morgan fingerprint density at radius 2 is 1.26 bits per heavy atom. The molecule has 0 aliphatic carbocycles. The van der Waals surface area contributed by atoms with Gasteiger partial charge in [0.05, 0.1) is 46.9 Å². The number of aliphatic carboxylic acids is 1. The van der Waals surface area contributed by atoms with Crippen molar-refractivity contribution < 1.29 is 85.2 Å². The Morgan fingerprint density at radius 1 is 0.726 bits per heavy atom. The van der Waals surface area contributed by atoms with E-state index in [-0.39, 0.29) is 84.6 Å². The molecule has 0 N–H and O–H groups in total. The van der Waals surface area contributed by atoms with Gasteiger partial charge in [-0.1, -0.05) is 144 Å². The Labute approximate surface area is 411 Å². The number of imide groups is 1. The molecule has 0 aromatic heterocycles. The molecule has 0 saturated carbocycles. The van der Waals surface area contributed by atoms with E-state index in [2.05, 4.69) is 10.8 Å². The zero-order valence-electron chi connectivity index (χ0n) is 34.1. The van der Waals surface area contributed by atoms with Gasteiger partial charge >= 0.3 is 63.3 Å². The second-order valence-electron chi connectivity index (χ2n) is 13.2. The Bertz CT molecular complexity index is 2620. The van der Waals surface area contributed by atoms with E-state index in [1.165, 1.54) is 17.7 Å². The van der Waals surface area contributed by atoms with Crippen molar-refractivity contribution in [2.75, 3.05) is 4.90 Å². The van der Waals surface area contributed by atoms with Gasteiger partial charge in [0.25, 0.3) is 11.8 Å². The van der Waals surface area contributed by atoms with E-state index in [0.717, 1.165) is 44.4 Å². The minimum Gasteiger partial charge on any atom is -0.545 e. The number of nitrogens with zero attached hydrogens (tertiary/aromatic N) is 3. The summed E-state index contributed by atoms with van der Waals surface area (Å²) in [5.74, 6) is -3.19. The number of carboxylic acids is 1. The maximum absolute atomic E-state index is 12.5. The summed E-state index contributed by atoms with van der Waals surface area (Å²) < 4.78 is 4.40. The number of halogens is 1. The van der Waals surface area contributed by atoms with Gasteiger partial charge < -0.3 is 14.6 Å². The zero-order valence-corrected chi connectivity index (χ0v) is 38.0. The maximum Gasteiger partial charge on any atom is 1.00 e. The van der Waals surface area contributed by atoms with E-state index in [4.69, 9.17) is 22.1 Å². The van der Waals surface area contributed by atoms with Gasteiger partial charge in [0.2, 0.25) is 0 Å². The van der Waals surface area contributed by atoms with E-state index in [9.17, 15) is 29.1 Å². The normalized spacial score (nSPS) is 12.2. The summed E-state index contributed by atoms with van der Waals surface area (Å²) in [6.07, 6.45) is 3.91. The van der Waals surface area contributed by atoms with Crippen LogP contribution in [0.1, 0.15) is 51.9 Å². The summed E-state index contributed by atoms with van der Waals surface area (Å²) in [7, 11) is 0. The summed E-state index contributed by atoms with van der Waals surface area (Å²) in [6, 6.07) is 40.6. The first-order valence-electron chi connectivity index (χ1n) is 18.0. The van der Waals surface area contributed by atoms with Gasteiger partial charge in [0, 0.05) is 25.6 Å². The number of esters is 2. The fourth-order valence-electron chi connectivity index (χ4n) is 5.74. The molecule has 2 aliphatic rings. The number of cyclic esters (lactones) is 2. The summed E-state index contributed by atoms with van der Waals surface area (Å²) in [4.78, 5) is 58.1. The molecular formula is C49H41BClKN3O7. The van der Waals surface area contributed by atoms with Crippen LogP contribution < -0.4 is 61.4 Å². The molecule has 2 aliphatic heterocycles. The van der Waals surface area contributed by atoms with Crippen molar-refractivity contribution in [1.29, 1.82) is 10.5 Å². The average Bonchev–Trinajstić information content (AvgIpc) is 3.70. The number of rotatable bonds is 6. The van der Waals surface area contributed by atoms with Crippen molar-refractivity contribution in [3.05, 3.63) is 189 Å². The molecule has 3 radical (unpaired) electrons. The number of carbonyl (C=O) groups is 5. The Hall–Kier alpha value is -5.96. The number of carboxylic acid groups (broad SMARTS) is 1. The second-order valence-corrected chi connectivity index (χ2v) is 13.6. The van der Waals surface area contributed by atoms with Crippen LogP contribution in [-0.4, -0.2) is 38.1 Å². The minimum absolute atomic E-state index is 0. The van der Waals surface area contributed by atoms with Gasteiger partial charge in [0.15, 0.2) is 0 Å². The van der Waals surface area contributed by atoms with Crippen molar-refractivity contribution in [2.24, 2.45) is 0 Å². The number of anilines is 1. The number of ether oxygens (including phenoxy) is 1. The van der Waals surface area contributed by atoms with Crippen LogP contribution in [0.2, 0.25) is 5.02 Å². The van der Waals surface area contributed by atoms with Gasteiger partial charge in [-0.25, -0.2) is 14.5 Å². The predicted molar refractivity (Wildman–Crippen MR) is 236 cm³/mol. The van der Waals surface area contributed by atoms with Crippen LogP contribution in [0.25, 0.3) is 16.7 Å². The number of hydrogen-bond donors (Lipinski definition) is 0. The Kier molecular flexibility index (Phi) is 23.0. The molecule has 10 nitrogen and oxygen atoms in total. The molecule has 2 amide bonds. The SMILES string of the molecule is C.Cc1cccc(/C(C#N)=C/C(=O)[O-])c1.Cc1cccc(C2=CC(=O)N(c3cccc(Cl)c3)C2=O)c1.Cc1cccc(C2=CC(=O)OC2=O)c1.Cc1cccc(CC#N)c1.[B].[K+]. The van der Waals surface area contributed by atoms with Gasteiger partial charge in [-0.05, 0) is 74.2 Å². The molecule has 5 aromatic rings. The third-order valence-electron chi connectivity index (χ3n) is 8.40. The Balaban J connectivity index is 0.000000421. The topological polar surface area (TPSA) is 168 Å². The number of carbonyl (C=O) groups excluding carboxylic acids is 5. The van der Waals surface area contributed by atoms with Crippen LogP contribution in [-0.2, 0) is 35.1 Å². The summed E-state index contributed by atoms with van der Waals surface area (Å²) in [5, 5.41) is 27.8. The van der Waals surface area contributed by atoms with E-state index in [0.29, 0.717) is 33.8 Å². The average molecular weight is 869 g/mol. The van der Waals surface area contributed by atoms with Crippen LogP contribution in [0.3, 0.4) is 0 Å². The summed E-state index contributed by atoms with van der Waals surface area (Å²) in [6.45, 7) is 7.77. The number of benzene rings is 5.